The third-order valence-corrected chi connectivity index (χ3v) is 2.32. The van der Waals surface area contributed by atoms with E-state index in [-0.39, 0.29) is 0 Å². The first-order valence-corrected chi connectivity index (χ1v) is 4.86. The van der Waals surface area contributed by atoms with Crippen molar-refractivity contribution in [3.8, 4) is 16.9 Å². The Morgan fingerprint density at radius 3 is 2.33 bits per heavy atom. The van der Waals surface area contributed by atoms with Crippen LogP contribution in [0.4, 0.5) is 0 Å². The average molecular weight is 199 g/mol. The molecule has 0 aliphatic heterocycles. The monoisotopic (exact) mass is 199 g/mol. The van der Waals surface area contributed by atoms with Gasteiger partial charge >= 0.3 is 0 Å². The third kappa shape index (κ3) is 2.15. The van der Waals surface area contributed by atoms with Crippen molar-refractivity contribution in [2.75, 3.05) is 7.11 Å². The Labute approximate surface area is 89.6 Å². The number of hydrogen-bond acceptors (Lipinski definition) is 2. The number of pyridine rings is 1. The number of aryl methyl sites for hydroxylation is 1. The van der Waals surface area contributed by atoms with E-state index in [4.69, 9.17) is 4.74 Å². The molecule has 2 aromatic rings. The smallest absolute Gasteiger partial charge is 0.118 e. The average Bonchev–Trinajstić information content (AvgIpc) is 2.29. The van der Waals surface area contributed by atoms with Crippen LogP contribution in [0, 0.1) is 6.92 Å². The zero-order valence-corrected chi connectivity index (χ0v) is 8.90. The number of methoxy groups -OCH3 is 1. The van der Waals surface area contributed by atoms with Gasteiger partial charge in [0.05, 0.1) is 7.11 Å². The predicted octanol–water partition coefficient (Wildman–Crippen LogP) is 3.07. The molecule has 0 saturated heterocycles. The van der Waals surface area contributed by atoms with Gasteiger partial charge in [0.15, 0.2) is 0 Å². The Balaban J connectivity index is 2.37. The zero-order chi connectivity index (χ0) is 10.7. The van der Waals surface area contributed by atoms with Gasteiger partial charge in [-0.25, -0.2) is 0 Å². The fourth-order valence-corrected chi connectivity index (χ4v) is 1.51. The first kappa shape index (κ1) is 9.71. The highest BCUT2D eigenvalue weighted by Gasteiger charge is 1.98. The standard InChI is InChI=1S/C13H13NO/c1-10-9-12(7-8-14-10)11-3-5-13(15-2)6-4-11/h3-9H,1-2H3. The van der Waals surface area contributed by atoms with Crippen molar-refractivity contribution in [2.45, 2.75) is 6.92 Å². The van der Waals surface area contributed by atoms with Gasteiger partial charge in [0.25, 0.3) is 0 Å². The lowest BCUT2D eigenvalue weighted by Crippen LogP contribution is -1.84. The van der Waals surface area contributed by atoms with E-state index in [0.717, 1.165) is 11.4 Å². The molecule has 0 amide bonds. The lowest BCUT2D eigenvalue weighted by Gasteiger charge is -2.04. The van der Waals surface area contributed by atoms with Gasteiger partial charge in [0.1, 0.15) is 5.75 Å². The number of rotatable bonds is 2. The summed E-state index contributed by atoms with van der Waals surface area (Å²) < 4.78 is 5.12. The number of nitrogens with zero attached hydrogens (tertiary/aromatic N) is 1. The molecule has 0 radical (unpaired) electrons. The summed E-state index contributed by atoms with van der Waals surface area (Å²) in [6.45, 7) is 1.99. The fourth-order valence-electron chi connectivity index (χ4n) is 1.51. The van der Waals surface area contributed by atoms with E-state index in [1.807, 2.05) is 43.5 Å². The summed E-state index contributed by atoms with van der Waals surface area (Å²) in [5.74, 6) is 0.879. The topological polar surface area (TPSA) is 22.1 Å². The maximum absolute atomic E-state index is 5.12. The Morgan fingerprint density at radius 1 is 1.00 bits per heavy atom. The summed E-state index contributed by atoms with van der Waals surface area (Å²) in [5, 5.41) is 0. The van der Waals surface area contributed by atoms with Crippen LogP contribution < -0.4 is 4.74 Å². The number of benzene rings is 1. The van der Waals surface area contributed by atoms with Crippen LogP contribution in [-0.4, -0.2) is 12.1 Å². The molecule has 2 heteroatoms. The summed E-state index contributed by atoms with van der Waals surface area (Å²) in [7, 11) is 1.67. The van der Waals surface area contributed by atoms with Crippen LogP contribution >= 0.6 is 0 Å². The molecule has 0 saturated carbocycles. The van der Waals surface area contributed by atoms with Crippen molar-refractivity contribution in [1.82, 2.24) is 4.98 Å². The van der Waals surface area contributed by atoms with Crippen LogP contribution in [-0.2, 0) is 0 Å². The van der Waals surface area contributed by atoms with Crippen molar-refractivity contribution in [1.29, 1.82) is 0 Å². The molecular weight excluding hydrogens is 186 g/mol. The predicted molar refractivity (Wildman–Crippen MR) is 61.0 cm³/mol. The van der Waals surface area contributed by atoms with Crippen LogP contribution in [0.1, 0.15) is 5.69 Å². The molecule has 0 unspecified atom stereocenters. The van der Waals surface area contributed by atoms with E-state index < -0.39 is 0 Å². The van der Waals surface area contributed by atoms with Crippen molar-refractivity contribution >= 4 is 0 Å². The first-order valence-electron chi connectivity index (χ1n) is 4.86. The minimum atomic E-state index is 0.879. The van der Waals surface area contributed by atoms with Gasteiger partial charge in [-0.05, 0) is 42.3 Å². The lowest BCUT2D eigenvalue weighted by molar-refractivity contribution is 0.415. The van der Waals surface area contributed by atoms with Crippen LogP contribution in [0.3, 0.4) is 0 Å². The van der Waals surface area contributed by atoms with Crippen molar-refractivity contribution in [3.63, 3.8) is 0 Å². The lowest BCUT2D eigenvalue weighted by atomic mass is 10.1. The van der Waals surface area contributed by atoms with E-state index in [1.54, 1.807) is 7.11 Å². The van der Waals surface area contributed by atoms with Gasteiger partial charge in [-0.2, -0.15) is 0 Å². The molecule has 1 aromatic heterocycles. The second-order valence-electron chi connectivity index (χ2n) is 3.41. The highest BCUT2D eigenvalue weighted by molar-refractivity contribution is 5.64. The molecule has 1 aromatic carbocycles. The minimum absolute atomic E-state index is 0.879. The molecule has 0 spiro atoms. The van der Waals surface area contributed by atoms with Gasteiger partial charge in [0.2, 0.25) is 0 Å². The Hall–Kier alpha value is -1.83. The van der Waals surface area contributed by atoms with Crippen LogP contribution in [0.25, 0.3) is 11.1 Å². The maximum Gasteiger partial charge on any atom is 0.118 e. The summed E-state index contributed by atoms with van der Waals surface area (Å²) in [6.07, 6.45) is 1.83. The van der Waals surface area contributed by atoms with Crippen LogP contribution in [0.2, 0.25) is 0 Å². The quantitative estimate of drug-likeness (QED) is 0.741. The van der Waals surface area contributed by atoms with E-state index in [2.05, 4.69) is 11.1 Å². The maximum atomic E-state index is 5.12. The zero-order valence-electron chi connectivity index (χ0n) is 8.90. The SMILES string of the molecule is COc1ccc(-c2ccnc(C)c2)cc1. The van der Waals surface area contributed by atoms with Gasteiger partial charge in [-0.15, -0.1) is 0 Å². The fraction of sp³-hybridized carbons (Fsp3) is 0.154. The molecule has 0 aliphatic rings. The van der Waals surface area contributed by atoms with Crippen molar-refractivity contribution in [2.24, 2.45) is 0 Å². The minimum Gasteiger partial charge on any atom is -0.497 e. The molecule has 0 fully saturated rings. The third-order valence-electron chi connectivity index (χ3n) is 2.32. The van der Waals surface area contributed by atoms with E-state index in [9.17, 15) is 0 Å². The highest BCUT2D eigenvalue weighted by Crippen LogP contribution is 2.22. The molecule has 1 heterocycles. The van der Waals surface area contributed by atoms with Crippen molar-refractivity contribution < 1.29 is 4.74 Å². The normalized spacial score (nSPS) is 10.0. The second kappa shape index (κ2) is 4.13. The van der Waals surface area contributed by atoms with Gasteiger partial charge < -0.3 is 4.74 Å². The van der Waals surface area contributed by atoms with Gasteiger partial charge in [-0.3, -0.25) is 4.98 Å². The first-order chi connectivity index (χ1) is 7.29. The van der Waals surface area contributed by atoms with E-state index in [0.29, 0.717) is 0 Å². The van der Waals surface area contributed by atoms with Crippen molar-refractivity contribution in [3.05, 3.63) is 48.3 Å². The molecule has 0 aliphatic carbocycles. The second-order valence-corrected chi connectivity index (χ2v) is 3.41. The largest absolute Gasteiger partial charge is 0.497 e. The molecule has 0 bridgehead atoms. The number of aromatic nitrogens is 1. The molecular formula is C13H13NO. The summed E-state index contributed by atoms with van der Waals surface area (Å²) in [5.41, 5.74) is 3.40. The Kier molecular flexibility index (Phi) is 2.68. The Bertz CT molecular complexity index is 448. The summed E-state index contributed by atoms with van der Waals surface area (Å²) in [4.78, 5) is 4.17. The van der Waals surface area contributed by atoms with E-state index in [1.165, 1.54) is 11.1 Å². The molecule has 2 nitrogen and oxygen atoms in total. The summed E-state index contributed by atoms with van der Waals surface area (Å²) in [6, 6.07) is 12.1. The number of hydrogen-bond donors (Lipinski definition) is 0. The molecule has 76 valence electrons. The highest BCUT2D eigenvalue weighted by atomic mass is 16.5. The van der Waals surface area contributed by atoms with Crippen LogP contribution in [0.15, 0.2) is 42.6 Å². The van der Waals surface area contributed by atoms with Crippen LogP contribution in [0.5, 0.6) is 5.75 Å². The molecule has 0 atom stereocenters. The molecule has 0 N–H and O–H groups in total. The van der Waals surface area contributed by atoms with E-state index >= 15 is 0 Å². The Morgan fingerprint density at radius 2 is 1.73 bits per heavy atom. The molecule has 15 heavy (non-hydrogen) atoms. The number of ether oxygens (including phenoxy) is 1. The van der Waals surface area contributed by atoms with Gasteiger partial charge in [0, 0.05) is 11.9 Å². The van der Waals surface area contributed by atoms with Gasteiger partial charge in [-0.1, -0.05) is 12.1 Å². The summed E-state index contributed by atoms with van der Waals surface area (Å²) >= 11 is 0. The molecule has 2 rings (SSSR count).